The number of piperidine rings is 1. The van der Waals surface area contributed by atoms with Gasteiger partial charge < -0.3 is 20.3 Å². The Morgan fingerprint density at radius 1 is 1.02 bits per heavy atom. The van der Waals surface area contributed by atoms with Crippen LogP contribution in [0.3, 0.4) is 0 Å². The average molecular weight is 611 g/mol. The van der Waals surface area contributed by atoms with Gasteiger partial charge in [-0.1, -0.05) is 18.2 Å². The molecule has 0 saturated carbocycles. The first kappa shape index (κ1) is 28.3. The highest BCUT2D eigenvalue weighted by Gasteiger charge is 2.34. The number of benzene rings is 2. The molecule has 2 aromatic carbocycles. The summed E-state index contributed by atoms with van der Waals surface area (Å²) in [6, 6.07) is 16.4. The number of hydrogen-bond donors (Lipinski definition) is 2. The molecule has 11 heteroatoms. The zero-order valence-corrected chi connectivity index (χ0v) is 25.4. The van der Waals surface area contributed by atoms with Gasteiger partial charge in [0, 0.05) is 25.3 Å². The van der Waals surface area contributed by atoms with Crippen LogP contribution in [0.4, 0.5) is 21.9 Å². The van der Waals surface area contributed by atoms with Crippen molar-refractivity contribution in [2.24, 2.45) is 0 Å². The van der Waals surface area contributed by atoms with E-state index in [-0.39, 0.29) is 23.9 Å². The first-order chi connectivity index (χ1) is 21.4. The summed E-state index contributed by atoms with van der Waals surface area (Å²) < 4.78 is 5.99. The molecule has 2 fully saturated rings. The van der Waals surface area contributed by atoms with Crippen molar-refractivity contribution in [1.82, 2.24) is 20.1 Å². The molecule has 0 aliphatic carbocycles. The van der Waals surface area contributed by atoms with E-state index in [9.17, 15) is 14.4 Å². The molecule has 1 atom stereocenters. The standard InChI is InChI=1S/C33H34N6O4S/c1-21-18-24(43-23-9-3-2-4-10-23)11-12-25(21)39-26-13-14-34-32-28(26)29(36-33(39)42)30(44-32)31(41)35-22-8-7-17-38(19-22)27(40)20-37-15-5-6-16-37/h2-4,9-14,18,22H,5-8,15-17,19-20H2,1H3,(H,35,41)(H,36,42). The lowest BCUT2D eigenvalue weighted by Crippen LogP contribution is -2.51. The highest BCUT2D eigenvalue weighted by molar-refractivity contribution is 7.21. The van der Waals surface area contributed by atoms with Gasteiger partial charge in [0.05, 0.1) is 29.0 Å². The quantitative estimate of drug-likeness (QED) is 0.270. The number of ether oxygens (including phenoxy) is 1. The zero-order valence-electron chi connectivity index (χ0n) is 24.5. The lowest BCUT2D eigenvalue weighted by molar-refractivity contribution is -0.133. The molecular formula is C33H34N6O4S. The van der Waals surface area contributed by atoms with E-state index in [1.54, 1.807) is 17.2 Å². The molecule has 1 unspecified atom stereocenters. The number of nitrogens with zero attached hydrogens (tertiary/aromatic N) is 4. The van der Waals surface area contributed by atoms with Gasteiger partial charge in [-0.2, -0.15) is 0 Å². The van der Waals surface area contributed by atoms with Crippen LogP contribution in [0.25, 0.3) is 10.2 Å². The molecule has 3 aliphatic rings. The topological polar surface area (TPSA) is 107 Å². The van der Waals surface area contributed by atoms with Crippen LogP contribution in [0.15, 0.2) is 60.8 Å². The highest BCUT2D eigenvalue weighted by atomic mass is 32.1. The van der Waals surface area contributed by atoms with E-state index in [1.165, 1.54) is 11.3 Å². The molecule has 10 nitrogen and oxygen atoms in total. The Hall–Kier alpha value is -4.48. The summed E-state index contributed by atoms with van der Waals surface area (Å²) in [4.78, 5) is 51.5. The molecule has 5 heterocycles. The summed E-state index contributed by atoms with van der Waals surface area (Å²) in [5.74, 6) is 1.26. The second-order valence-corrected chi connectivity index (χ2v) is 12.6. The number of carbonyl (C=O) groups excluding carboxylic acids is 3. The van der Waals surface area contributed by atoms with E-state index in [0.717, 1.165) is 55.5 Å². The number of amides is 4. The molecular weight excluding hydrogens is 576 g/mol. The number of anilines is 3. The Bertz CT molecular complexity index is 1740. The number of para-hydroxylation sites is 1. The maximum Gasteiger partial charge on any atom is 0.331 e. The maximum atomic E-state index is 13.6. The van der Waals surface area contributed by atoms with E-state index in [0.29, 0.717) is 52.2 Å². The van der Waals surface area contributed by atoms with Crippen molar-refractivity contribution in [3.05, 3.63) is 71.2 Å². The fourth-order valence-corrected chi connectivity index (χ4v) is 7.38. The van der Waals surface area contributed by atoms with Crippen molar-refractivity contribution in [2.75, 3.05) is 42.9 Å². The van der Waals surface area contributed by atoms with Gasteiger partial charge in [-0.3, -0.25) is 19.4 Å². The molecule has 4 aromatic rings. The molecule has 0 bridgehead atoms. The third-order valence-electron chi connectivity index (χ3n) is 8.51. The number of urea groups is 1. The van der Waals surface area contributed by atoms with Crippen molar-refractivity contribution >= 4 is 56.5 Å². The monoisotopic (exact) mass is 610 g/mol. The van der Waals surface area contributed by atoms with Crippen molar-refractivity contribution in [3.8, 4) is 11.5 Å². The Labute approximate surface area is 259 Å². The summed E-state index contributed by atoms with van der Waals surface area (Å²) in [5.41, 5.74) is 2.71. The summed E-state index contributed by atoms with van der Waals surface area (Å²) in [6.45, 7) is 5.53. The van der Waals surface area contributed by atoms with Gasteiger partial charge in [0.1, 0.15) is 21.2 Å². The van der Waals surface area contributed by atoms with E-state index in [1.807, 2.05) is 60.4 Å². The largest absolute Gasteiger partial charge is 0.457 e. The van der Waals surface area contributed by atoms with Gasteiger partial charge in [0.15, 0.2) is 0 Å². The Balaban J connectivity index is 1.11. The number of likely N-dealkylation sites (tertiary alicyclic amines) is 2. The molecule has 4 amide bonds. The van der Waals surface area contributed by atoms with Crippen LogP contribution in [0.5, 0.6) is 11.5 Å². The van der Waals surface area contributed by atoms with E-state index in [2.05, 4.69) is 20.5 Å². The van der Waals surface area contributed by atoms with Gasteiger partial charge in [-0.15, -0.1) is 11.3 Å². The Morgan fingerprint density at radius 3 is 2.64 bits per heavy atom. The van der Waals surface area contributed by atoms with E-state index >= 15 is 0 Å². The van der Waals surface area contributed by atoms with Crippen molar-refractivity contribution in [2.45, 2.75) is 38.6 Å². The second-order valence-electron chi connectivity index (χ2n) is 11.6. The molecule has 2 aromatic heterocycles. The van der Waals surface area contributed by atoms with Crippen molar-refractivity contribution in [1.29, 1.82) is 0 Å². The van der Waals surface area contributed by atoms with Crippen LogP contribution in [0.1, 0.15) is 40.9 Å². The smallest absolute Gasteiger partial charge is 0.331 e. The van der Waals surface area contributed by atoms with Crippen LogP contribution in [-0.4, -0.2) is 71.4 Å². The van der Waals surface area contributed by atoms with E-state index < -0.39 is 0 Å². The van der Waals surface area contributed by atoms with Gasteiger partial charge in [0.25, 0.3) is 5.91 Å². The number of carbonyl (C=O) groups is 3. The van der Waals surface area contributed by atoms with Crippen LogP contribution in [0, 0.1) is 6.92 Å². The lowest BCUT2D eigenvalue weighted by atomic mass is 10.0. The van der Waals surface area contributed by atoms with Crippen LogP contribution >= 0.6 is 11.3 Å². The number of nitrogens with one attached hydrogen (secondary N) is 2. The molecule has 2 saturated heterocycles. The maximum absolute atomic E-state index is 13.6. The number of hydrogen-bond acceptors (Lipinski definition) is 7. The van der Waals surface area contributed by atoms with Gasteiger partial charge in [-0.05, 0) is 87.7 Å². The van der Waals surface area contributed by atoms with Gasteiger partial charge >= 0.3 is 6.03 Å². The molecule has 44 heavy (non-hydrogen) atoms. The van der Waals surface area contributed by atoms with Crippen LogP contribution < -0.4 is 20.3 Å². The molecule has 2 N–H and O–H groups in total. The molecule has 226 valence electrons. The Kier molecular flexibility index (Phi) is 7.65. The molecule has 3 aliphatic heterocycles. The predicted molar refractivity (Wildman–Crippen MR) is 171 cm³/mol. The third kappa shape index (κ3) is 5.48. The fraction of sp³-hybridized carbons (Fsp3) is 0.333. The molecule has 0 spiro atoms. The van der Waals surface area contributed by atoms with Crippen molar-refractivity contribution in [3.63, 3.8) is 0 Å². The number of thiophene rings is 1. The second kappa shape index (κ2) is 11.9. The first-order valence-corrected chi connectivity index (χ1v) is 15.9. The lowest BCUT2D eigenvalue weighted by Gasteiger charge is -2.34. The third-order valence-corrected chi connectivity index (χ3v) is 9.60. The van der Waals surface area contributed by atoms with Gasteiger partial charge in [0.2, 0.25) is 5.91 Å². The normalized spacial score (nSPS) is 18.4. The summed E-state index contributed by atoms with van der Waals surface area (Å²) in [7, 11) is 0. The van der Waals surface area contributed by atoms with Crippen molar-refractivity contribution < 1.29 is 19.1 Å². The SMILES string of the molecule is Cc1cc(Oc2ccccc2)ccc1N1C(=O)Nc2c(C(=O)NC3CCCN(C(=O)CN4CCCC4)C3)sc3nccc1c23. The summed E-state index contributed by atoms with van der Waals surface area (Å²) in [6.07, 6.45) is 5.58. The Morgan fingerprint density at radius 2 is 1.84 bits per heavy atom. The van der Waals surface area contributed by atoms with Gasteiger partial charge in [-0.25, -0.2) is 9.78 Å². The fourth-order valence-electron chi connectivity index (χ4n) is 6.35. The van der Waals surface area contributed by atoms with Crippen LogP contribution in [-0.2, 0) is 4.79 Å². The minimum absolute atomic E-state index is 0.124. The number of aromatic nitrogens is 1. The van der Waals surface area contributed by atoms with Crippen LogP contribution in [0.2, 0.25) is 0 Å². The minimum Gasteiger partial charge on any atom is -0.457 e. The average Bonchev–Trinajstić information content (AvgIpc) is 3.67. The highest BCUT2D eigenvalue weighted by Crippen LogP contribution is 2.46. The number of aryl methyl sites for hydroxylation is 1. The predicted octanol–water partition coefficient (Wildman–Crippen LogP) is 5.90. The summed E-state index contributed by atoms with van der Waals surface area (Å²) >= 11 is 1.26. The number of pyridine rings is 1. The summed E-state index contributed by atoms with van der Waals surface area (Å²) in [5, 5.41) is 6.86. The molecule has 7 rings (SSSR count). The molecule has 0 radical (unpaired) electrons. The minimum atomic E-state index is -0.353. The first-order valence-electron chi connectivity index (χ1n) is 15.1. The number of rotatable bonds is 7. The zero-order chi connectivity index (χ0) is 30.2. The van der Waals surface area contributed by atoms with E-state index in [4.69, 9.17) is 4.74 Å².